The molecule has 0 saturated carbocycles. The smallest absolute Gasteiger partial charge is 0.148 e. The standard InChI is InChI=1S/C14H25N5O/c1-9(2)12-16-13(18-15)10(3)14(17-12)19-6-4-11(8-19)5-7-20/h9,11,20H,4-8,15H2,1-3H3,(H,16,17,18). The van der Waals surface area contributed by atoms with Gasteiger partial charge in [0.1, 0.15) is 17.5 Å². The van der Waals surface area contributed by atoms with Gasteiger partial charge in [-0.3, -0.25) is 0 Å². The Morgan fingerprint density at radius 3 is 2.80 bits per heavy atom. The molecule has 6 heteroatoms. The van der Waals surface area contributed by atoms with Crippen molar-refractivity contribution in [3.63, 3.8) is 0 Å². The van der Waals surface area contributed by atoms with Gasteiger partial charge in [-0.15, -0.1) is 0 Å². The fraction of sp³-hybridized carbons (Fsp3) is 0.714. The maximum absolute atomic E-state index is 9.07. The van der Waals surface area contributed by atoms with Gasteiger partial charge in [-0.25, -0.2) is 15.8 Å². The molecule has 0 aliphatic carbocycles. The van der Waals surface area contributed by atoms with Crippen LogP contribution in [0.15, 0.2) is 0 Å². The largest absolute Gasteiger partial charge is 0.396 e. The molecule has 6 nitrogen and oxygen atoms in total. The van der Waals surface area contributed by atoms with Crippen LogP contribution in [0.25, 0.3) is 0 Å². The van der Waals surface area contributed by atoms with E-state index in [9.17, 15) is 0 Å². The minimum absolute atomic E-state index is 0.258. The average molecular weight is 279 g/mol. The van der Waals surface area contributed by atoms with Crippen LogP contribution in [0.3, 0.4) is 0 Å². The molecule has 4 N–H and O–H groups in total. The number of aliphatic hydroxyl groups excluding tert-OH is 1. The molecule has 1 aliphatic rings. The quantitative estimate of drug-likeness (QED) is 0.558. The number of nitrogens with one attached hydrogen (secondary N) is 1. The monoisotopic (exact) mass is 279 g/mol. The molecule has 20 heavy (non-hydrogen) atoms. The van der Waals surface area contributed by atoms with Crippen molar-refractivity contribution in [1.82, 2.24) is 9.97 Å². The predicted octanol–water partition coefficient (Wildman–Crippen LogP) is 1.40. The summed E-state index contributed by atoms with van der Waals surface area (Å²) in [5.41, 5.74) is 3.66. The van der Waals surface area contributed by atoms with E-state index in [2.05, 4.69) is 29.2 Å². The molecule has 0 bridgehead atoms. The summed E-state index contributed by atoms with van der Waals surface area (Å²) in [5, 5.41) is 9.07. The lowest BCUT2D eigenvalue weighted by molar-refractivity contribution is 0.263. The van der Waals surface area contributed by atoms with Crippen molar-refractivity contribution in [2.75, 3.05) is 30.0 Å². The third kappa shape index (κ3) is 3.02. The number of hydrogen-bond donors (Lipinski definition) is 3. The number of aromatic nitrogens is 2. The molecule has 2 heterocycles. The predicted molar refractivity (Wildman–Crippen MR) is 80.7 cm³/mol. The van der Waals surface area contributed by atoms with Gasteiger partial charge in [-0.2, -0.15) is 0 Å². The highest BCUT2D eigenvalue weighted by atomic mass is 16.3. The van der Waals surface area contributed by atoms with E-state index in [0.29, 0.717) is 11.7 Å². The Morgan fingerprint density at radius 2 is 2.20 bits per heavy atom. The van der Waals surface area contributed by atoms with Crippen LogP contribution in [0, 0.1) is 12.8 Å². The highest BCUT2D eigenvalue weighted by molar-refractivity contribution is 5.58. The summed E-state index contributed by atoms with van der Waals surface area (Å²) in [6.07, 6.45) is 1.96. The number of nitrogen functional groups attached to an aromatic ring is 1. The van der Waals surface area contributed by atoms with Crippen LogP contribution >= 0.6 is 0 Å². The van der Waals surface area contributed by atoms with E-state index in [1.807, 2.05) is 6.92 Å². The molecule has 0 amide bonds. The topological polar surface area (TPSA) is 87.3 Å². The number of hydrazine groups is 1. The van der Waals surface area contributed by atoms with Crippen LogP contribution in [-0.4, -0.2) is 34.8 Å². The molecule has 1 aliphatic heterocycles. The van der Waals surface area contributed by atoms with E-state index in [4.69, 9.17) is 15.9 Å². The van der Waals surface area contributed by atoms with Gasteiger partial charge in [0.15, 0.2) is 0 Å². The normalized spacial score (nSPS) is 18.9. The van der Waals surface area contributed by atoms with Crippen LogP contribution in [0.1, 0.15) is 44.0 Å². The fourth-order valence-electron chi connectivity index (χ4n) is 2.67. The summed E-state index contributed by atoms with van der Waals surface area (Å²) >= 11 is 0. The minimum atomic E-state index is 0.258. The maximum Gasteiger partial charge on any atom is 0.148 e. The Labute approximate surface area is 120 Å². The zero-order valence-electron chi connectivity index (χ0n) is 12.6. The van der Waals surface area contributed by atoms with Gasteiger partial charge < -0.3 is 15.4 Å². The number of nitrogens with zero attached hydrogens (tertiary/aromatic N) is 3. The van der Waals surface area contributed by atoms with Crippen LogP contribution in [0.4, 0.5) is 11.6 Å². The van der Waals surface area contributed by atoms with Crippen LogP contribution in [0.5, 0.6) is 0 Å². The van der Waals surface area contributed by atoms with E-state index < -0.39 is 0 Å². The first-order valence-electron chi connectivity index (χ1n) is 7.27. The van der Waals surface area contributed by atoms with Crippen molar-refractivity contribution in [2.45, 2.75) is 39.5 Å². The summed E-state index contributed by atoms with van der Waals surface area (Å²) < 4.78 is 0. The van der Waals surface area contributed by atoms with Gasteiger partial charge in [-0.05, 0) is 25.7 Å². The first-order valence-corrected chi connectivity index (χ1v) is 7.27. The second-order valence-corrected chi connectivity index (χ2v) is 5.79. The second kappa shape index (κ2) is 6.37. The van der Waals surface area contributed by atoms with Crippen molar-refractivity contribution in [3.05, 3.63) is 11.4 Å². The van der Waals surface area contributed by atoms with Gasteiger partial charge in [0.2, 0.25) is 0 Å². The number of rotatable bonds is 5. The van der Waals surface area contributed by atoms with Crippen molar-refractivity contribution < 1.29 is 5.11 Å². The molecule has 1 saturated heterocycles. The van der Waals surface area contributed by atoms with E-state index in [-0.39, 0.29) is 12.5 Å². The number of hydrogen-bond acceptors (Lipinski definition) is 6. The first-order chi connectivity index (χ1) is 9.56. The molecule has 1 fully saturated rings. The minimum Gasteiger partial charge on any atom is -0.396 e. The number of anilines is 2. The fourth-order valence-corrected chi connectivity index (χ4v) is 2.67. The van der Waals surface area contributed by atoms with E-state index in [1.54, 1.807) is 0 Å². The van der Waals surface area contributed by atoms with Crippen molar-refractivity contribution in [2.24, 2.45) is 11.8 Å². The zero-order valence-corrected chi connectivity index (χ0v) is 12.6. The highest BCUT2D eigenvalue weighted by Gasteiger charge is 2.26. The molecule has 1 aromatic rings. The molecule has 1 unspecified atom stereocenters. The Kier molecular flexibility index (Phi) is 4.77. The molecule has 0 radical (unpaired) electrons. The summed E-state index contributed by atoms with van der Waals surface area (Å²) in [4.78, 5) is 11.5. The molecular weight excluding hydrogens is 254 g/mol. The Balaban J connectivity index is 2.29. The van der Waals surface area contributed by atoms with Gasteiger partial charge >= 0.3 is 0 Å². The first kappa shape index (κ1) is 15.0. The molecular formula is C14H25N5O. The number of nitrogens with two attached hydrogens (primary N) is 1. The summed E-state index contributed by atoms with van der Waals surface area (Å²) in [6, 6.07) is 0. The second-order valence-electron chi connectivity index (χ2n) is 5.79. The third-order valence-electron chi connectivity index (χ3n) is 3.91. The van der Waals surface area contributed by atoms with Crippen molar-refractivity contribution in [1.29, 1.82) is 0 Å². The molecule has 0 aromatic carbocycles. The van der Waals surface area contributed by atoms with Crippen LogP contribution in [-0.2, 0) is 0 Å². The molecule has 2 rings (SSSR count). The van der Waals surface area contributed by atoms with E-state index in [1.165, 1.54) is 0 Å². The van der Waals surface area contributed by atoms with E-state index in [0.717, 1.165) is 43.1 Å². The zero-order chi connectivity index (χ0) is 14.7. The van der Waals surface area contributed by atoms with Crippen LogP contribution in [0.2, 0.25) is 0 Å². The molecule has 1 atom stereocenters. The van der Waals surface area contributed by atoms with E-state index >= 15 is 0 Å². The third-order valence-corrected chi connectivity index (χ3v) is 3.91. The molecule has 0 spiro atoms. The van der Waals surface area contributed by atoms with Crippen molar-refractivity contribution in [3.8, 4) is 0 Å². The van der Waals surface area contributed by atoms with Gasteiger partial charge in [0, 0.05) is 31.2 Å². The summed E-state index contributed by atoms with van der Waals surface area (Å²) in [7, 11) is 0. The lowest BCUT2D eigenvalue weighted by atomic mass is 10.1. The Bertz CT molecular complexity index is 463. The lowest BCUT2D eigenvalue weighted by Crippen LogP contribution is -2.24. The Hall–Kier alpha value is -1.40. The average Bonchev–Trinajstić information content (AvgIpc) is 2.87. The summed E-state index contributed by atoms with van der Waals surface area (Å²) in [6.45, 7) is 8.33. The van der Waals surface area contributed by atoms with Gasteiger partial charge in [0.25, 0.3) is 0 Å². The lowest BCUT2D eigenvalue weighted by Gasteiger charge is -2.22. The SMILES string of the molecule is Cc1c(NN)nc(C(C)C)nc1N1CCC(CCO)C1. The number of aliphatic hydroxyl groups is 1. The molecule has 112 valence electrons. The van der Waals surface area contributed by atoms with Crippen molar-refractivity contribution >= 4 is 11.6 Å². The van der Waals surface area contributed by atoms with Gasteiger partial charge in [-0.1, -0.05) is 13.8 Å². The maximum atomic E-state index is 9.07. The van der Waals surface area contributed by atoms with Crippen LogP contribution < -0.4 is 16.2 Å². The molecule has 1 aromatic heterocycles. The Morgan fingerprint density at radius 1 is 1.45 bits per heavy atom. The highest BCUT2D eigenvalue weighted by Crippen LogP contribution is 2.30. The summed E-state index contributed by atoms with van der Waals surface area (Å²) in [5.74, 6) is 8.86. The van der Waals surface area contributed by atoms with Gasteiger partial charge in [0.05, 0.1) is 0 Å².